The molecule has 1 heterocycles. The van der Waals surface area contributed by atoms with Crippen molar-refractivity contribution in [3.05, 3.63) is 24.5 Å². The highest BCUT2D eigenvalue weighted by atomic mass is 16.4. The van der Waals surface area contributed by atoms with Crippen molar-refractivity contribution in [1.82, 2.24) is 4.57 Å². The molecule has 2 N–H and O–H groups in total. The first-order chi connectivity index (χ1) is 7.39. The van der Waals surface area contributed by atoms with Gasteiger partial charge in [0.15, 0.2) is 0 Å². The van der Waals surface area contributed by atoms with Crippen LogP contribution in [0.2, 0.25) is 0 Å². The molecule has 0 fully saturated rings. The fourth-order valence-corrected chi connectivity index (χ4v) is 1.68. The van der Waals surface area contributed by atoms with Crippen LogP contribution >= 0.6 is 0 Å². The second kappa shape index (κ2) is 4.38. The normalized spacial score (nSPS) is 16.4. The van der Waals surface area contributed by atoms with E-state index in [0.29, 0.717) is 0 Å². The van der Waals surface area contributed by atoms with E-state index in [9.17, 15) is 14.7 Å². The molecule has 1 unspecified atom stereocenters. The fourth-order valence-electron chi connectivity index (χ4n) is 1.68. The van der Waals surface area contributed by atoms with Crippen LogP contribution in [-0.4, -0.2) is 26.7 Å². The Balaban J connectivity index is 3.07. The third-order valence-electron chi connectivity index (χ3n) is 3.01. The zero-order valence-corrected chi connectivity index (χ0v) is 9.25. The number of aromatic nitrogens is 1. The summed E-state index contributed by atoms with van der Waals surface area (Å²) in [5, 5.41) is 18.0. The van der Waals surface area contributed by atoms with Gasteiger partial charge >= 0.3 is 11.9 Å². The summed E-state index contributed by atoms with van der Waals surface area (Å²) in [6, 6.07) is 3.43. The zero-order chi connectivity index (χ0) is 12.3. The second-order valence-corrected chi connectivity index (χ2v) is 4.04. The summed E-state index contributed by atoms with van der Waals surface area (Å²) in [6.45, 7) is 3.16. The highest BCUT2D eigenvalue weighted by molar-refractivity contribution is 5.78. The molecule has 88 valence electrons. The van der Waals surface area contributed by atoms with Gasteiger partial charge in [-0.15, -0.1) is 0 Å². The maximum absolute atomic E-state index is 11.3. The molecule has 0 amide bonds. The first-order valence-corrected chi connectivity index (χ1v) is 4.97. The third kappa shape index (κ3) is 2.08. The Morgan fingerprint density at radius 3 is 2.19 bits per heavy atom. The predicted octanol–water partition coefficient (Wildman–Crippen LogP) is 1.40. The molecule has 0 bridgehead atoms. The van der Waals surface area contributed by atoms with Gasteiger partial charge in [0, 0.05) is 18.3 Å². The van der Waals surface area contributed by atoms with Crippen LogP contribution in [0.3, 0.4) is 0 Å². The van der Waals surface area contributed by atoms with Crippen molar-refractivity contribution >= 4 is 11.9 Å². The summed E-state index contributed by atoms with van der Waals surface area (Å²) in [5.41, 5.74) is -1.23. The van der Waals surface area contributed by atoms with Crippen LogP contribution in [0.15, 0.2) is 24.5 Å². The smallest absolute Gasteiger partial charge is 0.329 e. The molecule has 0 aliphatic carbocycles. The van der Waals surface area contributed by atoms with Gasteiger partial charge in [0.05, 0.1) is 6.42 Å². The number of hydrogen-bond donors (Lipinski definition) is 2. The number of carboxylic acid groups (broad SMARTS) is 2. The minimum Gasteiger partial charge on any atom is -0.481 e. The molecule has 0 radical (unpaired) electrons. The van der Waals surface area contributed by atoms with Crippen molar-refractivity contribution in [3.8, 4) is 0 Å². The fraction of sp³-hybridized carbons (Fsp3) is 0.455. The predicted molar refractivity (Wildman–Crippen MR) is 57.1 cm³/mol. The van der Waals surface area contributed by atoms with Crippen LogP contribution in [0.25, 0.3) is 0 Å². The quantitative estimate of drug-likeness (QED) is 0.793. The first kappa shape index (κ1) is 12.3. The summed E-state index contributed by atoms with van der Waals surface area (Å²) in [4.78, 5) is 22.0. The lowest BCUT2D eigenvalue weighted by Crippen LogP contribution is -2.44. The van der Waals surface area contributed by atoms with E-state index in [1.807, 2.05) is 0 Å². The lowest BCUT2D eigenvalue weighted by Gasteiger charge is -2.32. The second-order valence-electron chi connectivity index (χ2n) is 4.04. The zero-order valence-electron chi connectivity index (χ0n) is 9.25. The molecular weight excluding hydrogens is 210 g/mol. The average Bonchev–Trinajstić information content (AvgIpc) is 2.67. The van der Waals surface area contributed by atoms with Gasteiger partial charge < -0.3 is 14.8 Å². The lowest BCUT2D eigenvalue weighted by atomic mass is 9.84. The van der Waals surface area contributed by atoms with Crippen molar-refractivity contribution < 1.29 is 19.8 Å². The van der Waals surface area contributed by atoms with Crippen molar-refractivity contribution in [1.29, 1.82) is 0 Å². The maximum atomic E-state index is 11.3. The average molecular weight is 225 g/mol. The van der Waals surface area contributed by atoms with Crippen LogP contribution in [0.4, 0.5) is 0 Å². The maximum Gasteiger partial charge on any atom is 0.329 e. The van der Waals surface area contributed by atoms with E-state index in [1.54, 1.807) is 31.5 Å². The summed E-state index contributed by atoms with van der Waals surface area (Å²) >= 11 is 0. The van der Waals surface area contributed by atoms with Gasteiger partial charge in [-0.3, -0.25) is 4.79 Å². The van der Waals surface area contributed by atoms with Gasteiger partial charge in [0.25, 0.3) is 0 Å². The molecule has 5 nitrogen and oxygen atoms in total. The highest BCUT2D eigenvalue weighted by Gasteiger charge is 2.41. The third-order valence-corrected chi connectivity index (χ3v) is 3.01. The number of aliphatic carboxylic acids is 2. The summed E-state index contributed by atoms with van der Waals surface area (Å²) in [7, 11) is 0. The molecular formula is C11H15NO4. The van der Waals surface area contributed by atoms with E-state index in [1.165, 1.54) is 11.5 Å². The molecule has 0 aliphatic rings. The van der Waals surface area contributed by atoms with Crippen LogP contribution in [0, 0.1) is 5.92 Å². The van der Waals surface area contributed by atoms with E-state index in [4.69, 9.17) is 5.11 Å². The van der Waals surface area contributed by atoms with Crippen molar-refractivity contribution in [2.45, 2.75) is 25.8 Å². The number of nitrogens with zero attached hydrogens (tertiary/aromatic N) is 1. The first-order valence-electron chi connectivity index (χ1n) is 4.97. The molecule has 0 aromatic carbocycles. The molecule has 2 atom stereocenters. The number of hydrogen-bond acceptors (Lipinski definition) is 2. The molecule has 16 heavy (non-hydrogen) atoms. The van der Waals surface area contributed by atoms with Crippen molar-refractivity contribution in [2.75, 3.05) is 0 Å². The van der Waals surface area contributed by atoms with Gasteiger partial charge in [-0.25, -0.2) is 4.79 Å². The number of carboxylic acids is 2. The summed E-state index contributed by atoms with van der Waals surface area (Å²) in [6.07, 6.45) is 3.08. The molecule has 1 rings (SSSR count). The van der Waals surface area contributed by atoms with Crippen molar-refractivity contribution in [3.63, 3.8) is 0 Å². The van der Waals surface area contributed by atoms with E-state index in [-0.39, 0.29) is 6.42 Å². The van der Waals surface area contributed by atoms with Crippen LogP contribution in [0.5, 0.6) is 0 Å². The van der Waals surface area contributed by atoms with Crippen LogP contribution in [0.1, 0.15) is 20.3 Å². The molecule has 0 aliphatic heterocycles. The minimum absolute atomic E-state index is 0.180. The highest BCUT2D eigenvalue weighted by Crippen LogP contribution is 2.29. The van der Waals surface area contributed by atoms with Crippen molar-refractivity contribution in [2.24, 2.45) is 5.92 Å². The molecule has 5 heteroatoms. The van der Waals surface area contributed by atoms with E-state index >= 15 is 0 Å². The number of carbonyl (C=O) groups is 2. The molecule has 0 saturated heterocycles. The Labute approximate surface area is 93.3 Å². The Morgan fingerprint density at radius 1 is 1.31 bits per heavy atom. The summed E-state index contributed by atoms with van der Waals surface area (Å²) in [5.74, 6) is -2.53. The molecule has 1 aromatic heterocycles. The SMILES string of the molecule is CC(CC(=O)O)[C@@](C)(C(=O)O)n1cccc1. The Bertz CT molecular complexity index is 385. The van der Waals surface area contributed by atoms with E-state index in [0.717, 1.165) is 0 Å². The Kier molecular flexibility index (Phi) is 3.37. The van der Waals surface area contributed by atoms with Crippen LogP contribution in [-0.2, 0) is 15.1 Å². The van der Waals surface area contributed by atoms with Gasteiger partial charge in [-0.1, -0.05) is 6.92 Å². The molecule has 1 aromatic rings. The Hall–Kier alpha value is -1.78. The van der Waals surface area contributed by atoms with Crippen LogP contribution < -0.4 is 0 Å². The van der Waals surface area contributed by atoms with Gasteiger partial charge in [-0.05, 0) is 19.1 Å². The topological polar surface area (TPSA) is 79.5 Å². The monoisotopic (exact) mass is 225 g/mol. The largest absolute Gasteiger partial charge is 0.481 e. The standard InChI is InChI=1S/C11H15NO4/c1-8(7-9(13)14)11(2,10(15)16)12-5-3-4-6-12/h3-6,8H,7H2,1-2H3,(H,13,14)(H,15,16)/t8?,11-/m0/s1. The summed E-state index contributed by atoms with van der Waals surface area (Å²) < 4.78 is 1.53. The number of rotatable bonds is 5. The minimum atomic E-state index is -1.23. The van der Waals surface area contributed by atoms with Gasteiger partial charge in [-0.2, -0.15) is 0 Å². The van der Waals surface area contributed by atoms with E-state index in [2.05, 4.69) is 0 Å². The molecule has 0 saturated carbocycles. The lowest BCUT2D eigenvalue weighted by molar-refractivity contribution is -0.151. The van der Waals surface area contributed by atoms with Gasteiger partial charge in [0.1, 0.15) is 5.54 Å². The van der Waals surface area contributed by atoms with E-state index < -0.39 is 23.4 Å². The van der Waals surface area contributed by atoms with Gasteiger partial charge in [0.2, 0.25) is 0 Å². The molecule has 0 spiro atoms. The Morgan fingerprint density at radius 2 is 1.81 bits per heavy atom.